The molecule has 28 heavy (non-hydrogen) atoms. The smallest absolute Gasteiger partial charge is 0.246 e. The highest BCUT2D eigenvalue weighted by molar-refractivity contribution is 6.33. The number of nitrogens with one attached hydrogen (secondary N) is 1. The molecular formula is C21H21ClFN3O2. The minimum atomic E-state index is -0.360. The van der Waals surface area contributed by atoms with E-state index in [1.165, 1.54) is 18.2 Å². The largest absolute Gasteiger partial charge is 0.337 e. The zero-order valence-corrected chi connectivity index (χ0v) is 16.0. The fraction of sp³-hybridized carbons (Fsp3) is 0.238. The molecule has 2 amide bonds. The molecule has 0 aromatic heterocycles. The average molecular weight is 402 g/mol. The van der Waals surface area contributed by atoms with Crippen molar-refractivity contribution in [3.05, 3.63) is 71.0 Å². The molecule has 0 bridgehead atoms. The lowest BCUT2D eigenvalue weighted by molar-refractivity contribution is -0.127. The van der Waals surface area contributed by atoms with Gasteiger partial charge in [0.25, 0.3) is 0 Å². The van der Waals surface area contributed by atoms with E-state index in [1.54, 1.807) is 47.4 Å². The van der Waals surface area contributed by atoms with Crippen LogP contribution in [0.4, 0.5) is 10.1 Å². The number of anilines is 1. The summed E-state index contributed by atoms with van der Waals surface area (Å²) >= 11 is 6.05. The summed E-state index contributed by atoms with van der Waals surface area (Å²) in [5.74, 6) is -0.670. The molecule has 1 fully saturated rings. The molecule has 2 aromatic rings. The summed E-state index contributed by atoms with van der Waals surface area (Å²) in [4.78, 5) is 28.2. The first-order valence-electron chi connectivity index (χ1n) is 9.01. The number of rotatable bonds is 5. The van der Waals surface area contributed by atoms with E-state index in [0.717, 1.165) is 0 Å². The molecule has 0 aliphatic carbocycles. The molecule has 1 N–H and O–H groups in total. The summed E-state index contributed by atoms with van der Waals surface area (Å²) in [6, 6.07) is 13.4. The maximum absolute atomic E-state index is 13.6. The van der Waals surface area contributed by atoms with Crippen molar-refractivity contribution in [3.63, 3.8) is 0 Å². The van der Waals surface area contributed by atoms with E-state index in [1.807, 2.05) is 4.90 Å². The standard InChI is InChI=1S/C21H21ClFN3O2/c22-17-6-2-4-8-19(17)24-20(27)15-25-11-13-26(14-12-25)21(28)10-9-16-5-1-3-7-18(16)23/h1-10H,11-15H2,(H,24,27). The molecule has 0 spiro atoms. The molecule has 2 aromatic carbocycles. The topological polar surface area (TPSA) is 52.7 Å². The second kappa shape index (κ2) is 9.48. The molecular weight excluding hydrogens is 381 g/mol. The number of nitrogens with zero attached hydrogens (tertiary/aromatic N) is 2. The summed E-state index contributed by atoms with van der Waals surface area (Å²) in [6.45, 7) is 2.45. The molecule has 0 saturated carbocycles. The van der Waals surface area contributed by atoms with Crippen LogP contribution in [0.1, 0.15) is 5.56 Å². The Bertz CT molecular complexity index is 879. The Balaban J connectivity index is 1.46. The first-order valence-corrected chi connectivity index (χ1v) is 9.39. The molecule has 7 heteroatoms. The van der Waals surface area contributed by atoms with E-state index in [0.29, 0.717) is 42.5 Å². The van der Waals surface area contributed by atoms with E-state index in [2.05, 4.69) is 5.32 Å². The Hall–Kier alpha value is -2.70. The van der Waals surface area contributed by atoms with Gasteiger partial charge in [-0.2, -0.15) is 0 Å². The minimum absolute atomic E-state index is 0.146. The first kappa shape index (κ1) is 20.0. The van der Waals surface area contributed by atoms with Crippen molar-refractivity contribution in [1.82, 2.24) is 9.80 Å². The molecule has 1 saturated heterocycles. The predicted octanol–water partition coefficient (Wildman–Crippen LogP) is 3.28. The second-order valence-corrected chi connectivity index (χ2v) is 6.89. The maximum Gasteiger partial charge on any atom is 0.246 e. The average Bonchev–Trinajstić information content (AvgIpc) is 2.69. The molecule has 0 radical (unpaired) electrons. The lowest BCUT2D eigenvalue weighted by Gasteiger charge is -2.33. The maximum atomic E-state index is 13.6. The fourth-order valence-electron chi connectivity index (χ4n) is 2.96. The van der Waals surface area contributed by atoms with Gasteiger partial charge in [-0.15, -0.1) is 0 Å². The zero-order chi connectivity index (χ0) is 19.9. The quantitative estimate of drug-likeness (QED) is 0.782. The fourth-order valence-corrected chi connectivity index (χ4v) is 3.14. The number of hydrogen-bond acceptors (Lipinski definition) is 3. The third kappa shape index (κ3) is 5.41. The molecule has 1 aliphatic heterocycles. The number of halogens is 2. The minimum Gasteiger partial charge on any atom is -0.337 e. The van der Waals surface area contributed by atoms with E-state index in [4.69, 9.17) is 11.6 Å². The molecule has 3 rings (SSSR count). The SMILES string of the molecule is O=C(CN1CCN(C(=O)C=Cc2ccccc2F)CC1)Nc1ccccc1Cl. The van der Waals surface area contributed by atoms with Gasteiger partial charge >= 0.3 is 0 Å². The predicted molar refractivity (Wildman–Crippen MR) is 109 cm³/mol. The molecule has 1 heterocycles. The first-order chi connectivity index (χ1) is 13.5. The van der Waals surface area contributed by atoms with Gasteiger partial charge in [0.1, 0.15) is 5.82 Å². The lowest BCUT2D eigenvalue weighted by atomic mass is 10.2. The molecule has 0 unspecified atom stereocenters. The third-order valence-electron chi connectivity index (χ3n) is 4.51. The van der Waals surface area contributed by atoms with Gasteiger partial charge in [0.15, 0.2) is 0 Å². The molecule has 5 nitrogen and oxygen atoms in total. The number of carbonyl (C=O) groups is 2. The number of hydrogen-bond donors (Lipinski definition) is 1. The lowest BCUT2D eigenvalue weighted by Crippen LogP contribution is -2.50. The Morgan fingerprint density at radius 1 is 1.04 bits per heavy atom. The highest BCUT2D eigenvalue weighted by Crippen LogP contribution is 2.20. The van der Waals surface area contributed by atoms with Crippen molar-refractivity contribution < 1.29 is 14.0 Å². The van der Waals surface area contributed by atoms with Gasteiger partial charge in [-0.3, -0.25) is 14.5 Å². The monoisotopic (exact) mass is 401 g/mol. The highest BCUT2D eigenvalue weighted by Gasteiger charge is 2.21. The van der Waals surface area contributed by atoms with Crippen LogP contribution in [0.15, 0.2) is 54.6 Å². The summed E-state index contributed by atoms with van der Waals surface area (Å²) in [5.41, 5.74) is 0.965. The van der Waals surface area contributed by atoms with Crippen LogP contribution in [-0.2, 0) is 9.59 Å². The van der Waals surface area contributed by atoms with Gasteiger partial charge in [0.05, 0.1) is 17.3 Å². The van der Waals surface area contributed by atoms with E-state index in [9.17, 15) is 14.0 Å². The Kier molecular flexibility index (Phi) is 6.79. The number of benzene rings is 2. The van der Waals surface area contributed by atoms with Gasteiger partial charge in [-0.05, 0) is 24.3 Å². The van der Waals surface area contributed by atoms with Crippen LogP contribution in [0.3, 0.4) is 0 Å². The number of amides is 2. The number of carbonyl (C=O) groups excluding carboxylic acids is 2. The Morgan fingerprint density at radius 3 is 2.43 bits per heavy atom. The van der Waals surface area contributed by atoms with Crippen LogP contribution in [0.25, 0.3) is 6.08 Å². The van der Waals surface area contributed by atoms with Crippen LogP contribution in [0.2, 0.25) is 5.02 Å². The summed E-state index contributed by atoms with van der Waals surface area (Å²) < 4.78 is 13.6. The van der Waals surface area contributed by atoms with E-state index in [-0.39, 0.29) is 24.2 Å². The van der Waals surface area contributed by atoms with Crippen molar-refractivity contribution in [2.75, 3.05) is 38.0 Å². The Labute approximate surface area is 168 Å². The van der Waals surface area contributed by atoms with Crippen molar-refractivity contribution in [1.29, 1.82) is 0 Å². The van der Waals surface area contributed by atoms with Crippen LogP contribution >= 0.6 is 11.6 Å². The van der Waals surface area contributed by atoms with E-state index < -0.39 is 0 Å². The zero-order valence-electron chi connectivity index (χ0n) is 15.3. The Morgan fingerprint density at radius 2 is 1.71 bits per heavy atom. The van der Waals surface area contributed by atoms with Crippen LogP contribution in [-0.4, -0.2) is 54.3 Å². The summed E-state index contributed by atoms with van der Waals surface area (Å²) in [7, 11) is 0. The third-order valence-corrected chi connectivity index (χ3v) is 4.84. The second-order valence-electron chi connectivity index (χ2n) is 6.48. The van der Waals surface area contributed by atoms with Gasteiger partial charge in [-0.25, -0.2) is 4.39 Å². The van der Waals surface area contributed by atoms with Gasteiger partial charge in [0, 0.05) is 37.8 Å². The van der Waals surface area contributed by atoms with Crippen molar-refractivity contribution in [3.8, 4) is 0 Å². The highest BCUT2D eigenvalue weighted by atomic mass is 35.5. The van der Waals surface area contributed by atoms with Crippen LogP contribution in [0.5, 0.6) is 0 Å². The summed E-state index contributed by atoms with van der Waals surface area (Å²) in [5, 5.41) is 3.29. The van der Waals surface area contributed by atoms with Gasteiger partial charge < -0.3 is 10.2 Å². The van der Waals surface area contributed by atoms with Gasteiger partial charge in [0.2, 0.25) is 11.8 Å². The molecule has 1 aliphatic rings. The van der Waals surface area contributed by atoms with Crippen molar-refractivity contribution in [2.45, 2.75) is 0 Å². The number of piperazine rings is 1. The van der Waals surface area contributed by atoms with Crippen LogP contribution in [0, 0.1) is 5.82 Å². The van der Waals surface area contributed by atoms with Crippen molar-refractivity contribution >= 4 is 35.2 Å². The van der Waals surface area contributed by atoms with Gasteiger partial charge in [-0.1, -0.05) is 41.9 Å². The summed E-state index contributed by atoms with van der Waals surface area (Å²) in [6.07, 6.45) is 2.87. The molecule has 0 atom stereocenters. The normalized spacial score (nSPS) is 15.0. The van der Waals surface area contributed by atoms with Crippen LogP contribution < -0.4 is 5.32 Å². The van der Waals surface area contributed by atoms with E-state index >= 15 is 0 Å². The van der Waals surface area contributed by atoms with Crippen molar-refractivity contribution in [2.24, 2.45) is 0 Å². The number of para-hydroxylation sites is 1. The molecule has 146 valence electrons.